The van der Waals surface area contributed by atoms with Gasteiger partial charge in [-0.3, -0.25) is 4.79 Å². The molecule has 21 heavy (non-hydrogen) atoms. The van der Waals surface area contributed by atoms with Crippen LogP contribution in [0.4, 0.5) is 0 Å². The zero-order valence-corrected chi connectivity index (χ0v) is 12.1. The predicted molar refractivity (Wildman–Crippen MR) is 81.7 cm³/mol. The molecule has 2 heterocycles. The van der Waals surface area contributed by atoms with Crippen LogP contribution in [0.5, 0.6) is 0 Å². The van der Waals surface area contributed by atoms with Gasteiger partial charge in [-0.15, -0.1) is 0 Å². The highest BCUT2D eigenvalue weighted by Crippen LogP contribution is 2.28. The molecule has 0 fully saturated rings. The first-order valence-electron chi connectivity index (χ1n) is 6.50. The quantitative estimate of drug-likeness (QED) is 0.804. The molecular formula is C16H13ClN2O2. The summed E-state index contributed by atoms with van der Waals surface area (Å²) in [5.74, 6) is -0.898. The number of aliphatic carboxylic acids is 1. The zero-order chi connectivity index (χ0) is 15.0. The van der Waals surface area contributed by atoms with Crippen molar-refractivity contribution in [2.24, 2.45) is 0 Å². The number of fused-ring (bicyclic) bond motifs is 1. The number of aryl methyl sites for hydroxylation is 1. The number of carboxylic acid groups (broad SMARTS) is 1. The van der Waals surface area contributed by atoms with Crippen molar-refractivity contribution in [2.75, 3.05) is 0 Å². The minimum atomic E-state index is -0.898. The molecule has 0 aliphatic rings. The van der Waals surface area contributed by atoms with Gasteiger partial charge < -0.3 is 9.51 Å². The Morgan fingerprint density at radius 3 is 2.67 bits per heavy atom. The van der Waals surface area contributed by atoms with Gasteiger partial charge in [0.15, 0.2) is 5.65 Å². The van der Waals surface area contributed by atoms with Crippen LogP contribution < -0.4 is 0 Å². The van der Waals surface area contributed by atoms with E-state index < -0.39 is 5.97 Å². The molecular weight excluding hydrogens is 288 g/mol. The molecule has 3 rings (SSSR count). The van der Waals surface area contributed by atoms with Crippen molar-refractivity contribution in [2.45, 2.75) is 13.3 Å². The van der Waals surface area contributed by atoms with Gasteiger partial charge in [0.25, 0.3) is 0 Å². The molecule has 106 valence electrons. The number of halogens is 1. The van der Waals surface area contributed by atoms with Crippen LogP contribution >= 0.6 is 11.6 Å². The third-order valence-corrected chi connectivity index (χ3v) is 3.64. The van der Waals surface area contributed by atoms with E-state index in [9.17, 15) is 4.79 Å². The summed E-state index contributed by atoms with van der Waals surface area (Å²) < 4.78 is 1.74. The molecule has 0 atom stereocenters. The van der Waals surface area contributed by atoms with E-state index in [4.69, 9.17) is 16.7 Å². The minimum absolute atomic E-state index is 0.106. The number of carboxylic acids is 1. The van der Waals surface area contributed by atoms with Gasteiger partial charge in [-0.05, 0) is 19.1 Å². The van der Waals surface area contributed by atoms with Crippen LogP contribution in [0.15, 0.2) is 42.6 Å². The number of pyridine rings is 1. The number of nitrogens with zero attached hydrogens (tertiary/aromatic N) is 2. The van der Waals surface area contributed by atoms with E-state index in [2.05, 4.69) is 4.98 Å². The summed E-state index contributed by atoms with van der Waals surface area (Å²) in [5, 5.41) is 9.66. The lowest BCUT2D eigenvalue weighted by Gasteiger charge is -2.03. The molecule has 0 saturated heterocycles. The van der Waals surface area contributed by atoms with Crippen molar-refractivity contribution < 1.29 is 9.90 Å². The number of benzene rings is 1. The number of rotatable bonds is 3. The molecule has 1 aromatic carbocycles. The van der Waals surface area contributed by atoms with Gasteiger partial charge >= 0.3 is 5.97 Å². The molecule has 0 aliphatic heterocycles. The molecule has 0 radical (unpaired) electrons. The summed E-state index contributed by atoms with van der Waals surface area (Å²) in [7, 11) is 0. The van der Waals surface area contributed by atoms with Crippen LogP contribution in [0.2, 0.25) is 5.02 Å². The molecule has 3 aromatic rings. The third-order valence-electron chi connectivity index (χ3n) is 3.35. The lowest BCUT2D eigenvalue weighted by Crippen LogP contribution is -2.04. The molecule has 2 aromatic heterocycles. The van der Waals surface area contributed by atoms with Gasteiger partial charge in [0.1, 0.15) is 0 Å². The molecule has 1 N–H and O–H groups in total. The van der Waals surface area contributed by atoms with Crippen molar-refractivity contribution >= 4 is 23.2 Å². The highest BCUT2D eigenvalue weighted by molar-refractivity contribution is 6.33. The van der Waals surface area contributed by atoms with Gasteiger partial charge in [-0.25, -0.2) is 4.98 Å². The average molecular weight is 301 g/mol. The van der Waals surface area contributed by atoms with Crippen LogP contribution in [0.3, 0.4) is 0 Å². The standard InChI is InChI=1S/C16H13ClN2O2/c1-10-4-6-11(7-5-10)15-13(9-14(20)21)19-8-2-3-12(17)16(19)18-15/h2-8H,9H2,1H3,(H,20,21). The molecule has 0 unspecified atom stereocenters. The third kappa shape index (κ3) is 2.50. The number of carbonyl (C=O) groups is 1. The van der Waals surface area contributed by atoms with Gasteiger partial charge in [0.05, 0.1) is 22.8 Å². The van der Waals surface area contributed by atoms with E-state index >= 15 is 0 Å². The molecule has 0 bridgehead atoms. The zero-order valence-electron chi connectivity index (χ0n) is 11.4. The Labute approximate surface area is 126 Å². The molecule has 5 heteroatoms. The van der Waals surface area contributed by atoms with E-state index in [1.165, 1.54) is 0 Å². The van der Waals surface area contributed by atoms with E-state index in [0.717, 1.165) is 11.1 Å². The van der Waals surface area contributed by atoms with Gasteiger partial charge in [0, 0.05) is 11.8 Å². The topological polar surface area (TPSA) is 54.6 Å². The monoisotopic (exact) mass is 300 g/mol. The predicted octanol–water partition coefficient (Wildman–Crippen LogP) is 3.59. The SMILES string of the molecule is Cc1ccc(-c2nc3c(Cl)cccn3c2CC(=O)O)cc1. The number of hydrogen-bond donors (Lipinski definition) is 1. The number of hydrogen-bond acceptors (Lipinski definition) is 2. The van der Waals surface area contributed by atoms with Crippen molar-refractivity contribution in [3.63, 3.8) is 0 Å². The average Bonchev–Trinajstić information content (AvgIpc) is 2.80. The Bertz CT molecular complexity index is 822. The molecule has 0 spiro atoms. The fraction of sp³-hybridized carbons (Fsp3) is 0.125. The summed E-state index contributed by atoms with van der Waals surface area (Å²) in [4.78, 5) is 15.7. The molecule has 0 amide bonds. The Hall–Kier alpha value is -2.33. The molecule has 4 nitrogen and oxygen atoms in total. The fourth-order valence-corrected chi connectivity index (χ4v) is 2.54. The second-order valence-corrected chi connectivity index (χ2v) is 5.30. The van der Waals surface area contributed by atoms with Crippen LogP contribution in [-0.2, 0) is 11.2 Å². The Balaban J connectivity index is 2.27. The van der Waals surface area contributed by atoms with Crippen molar-refractivity contribution in [1.82, 2.24) is 9.38 Å². The lowest BCUT2D eigenvalue weighted by molar-refractivity contribution is -0.136. The lowest BCUT2D eigenvalue weighted by atomic mass is 10.1. The summed E-state index contributed by atoms with van der Waals surface area (Å²) >= 11 is 6.16. The Morgan fingerprint density at radius 1 is 1.29 bits per heavy atom. The van der Waals surface area contributed by atoms with Crippen LogP contribution in [0.1, 0.15) is 11.3 Å². The van der Waals surface area contributed by atoms with Crippen molar-refractivity contribution in [1.29, 1.82) is 0 Å². The Kier molecular flexibility index (Phi) is 3.39. The summed E-state index contributed by atoms with van der Waals surface area (Å²) in [5.41, 5.74) is 3.89. The number of aromatic nitrogens is 2. The van der Waals surface area contributed by atoms with Gasteiger partial charge in [-0.2, -0.15) is 0 Å². The second-order valence-electron chi connectivity index (χ2n) is 4.89. The second kappa shape index (κ2) is 5.22. The van der Waals surface area contributed by atoms with Crippen LogP contribution in [0.25, 0.3) is 16.9 Å². The highest BCUT2D eigenvalue weighted by Gasteiger charge is 2.17. The van der Waals surface area contributed by atoms with E-state index in [1.54, 1.807) is 22.7 Å². The first kappa shape index (κ1) is 13.6. The highest BCUT2D eigenvalue weighted by atomic mass is 35.5. The van der Waals surface area contributed by atoms with Gasteiger partial charge in [0.2, 0.25) is 0 Å². The largest absolute Gasteiger partial charge is 0.481 e. The maximum Gasteiger partial charge on any atom is 0.309 e. The minimum Gasteiger partial charge on any atom is -0.481 e. The van der Waals surface area contributed by atoms with Crippen molar-refractivity contribution in [3.8, 4) is 11.3 Å². The van der Waals surface area contributed by atoms with Crippen LogP contribution in [-0.4, -0.2) is 20.5 Å². The Morgan fingerprint density at radius 2 is 2.00 bits per heavy atom. The first-order valence-corrected chi connectivity index (χ1v) is 6.88. The summed E-state index contributed by atoms with van der Waals surface area (Å²) in [6.07, 6.45) is 1.68. The van der Waals surface area contributed by atoms with Crippen molar-refractivity contribution in [3.05, 3.63) is 58.9 Å². The summed E-state index contributed by atoms with van der Waals surface area (Å²) in [6, 6.07) is 11.4. The number of imidazole rings is 1. The molecule has 0 saturated carbocycles. The smallest absolute Gasteiger partial charge is 0.309 e. The maximum atomic E-state index is 11.2. The molecule has 0 aliphatic carbocycles. The maximum absolute atomic E-state index is 11.2. The van der Waals surface area contributed by atoms with Crippen LogP contribution in [0, 0.1) is 6.92 Å². The van der Waals surface area contributed by atoms with E-state index in [0.29, 0.717) is 22.1 Å². The van der Waals surface area contributed by atoms with E-state index in [1.807, 2.05) is 31.2 Å². The fourth-order valence-electron chi connectivity index (χ4n) is 2.34. The first-order chi connectivity index (χ1) is 10.1. The normalized spacial score (nSPS) is 11.0. The van der Waals surface area contributed by atoms with Gasteiger partial charge in [-0.1, -0.05) is 41.4 Å². The summed E-state index contributed by atoms with van der Waals surface area (Å²) in [6.45, 7) is 2.00. The van der Waals surface area contributed by atoms with E-state index in [-0.39, 0.29) is 6.42 Å².